The minimum Gasteiger partial charge on any atom is -0.292 e. The Labute approximate surface area is 71.9 Å². The Morgan fingerprint density at radius 1 is 1.58 bits per heavy atom. The van der Waals surface area contributed by atoms with E-state index < -0.39 is 0 Å². The van der Waals surface area contributed by atoms with Gasteiger partial charge in [-0.2, -0.15) is 0 Å². The van der Waals surface area contributed by atoms with Crippen molar-refractivity contribution in [1.29, 1.82) is 0 Å². The first kappa shape index (κ1) is 8.84. The average molecular weight is 164 g/mol. The molecule has 0 atom stereocenters. The second-order valence-electron chi connectivity index (χ2n) is 2.66. The Bertz CT molecular complexity index is 284. The van der Waals surface area contributed by atoms with Crippen LogP contribution in [0.15, 0.2) is 12.3 Å². The number of hydrogen-bond donors (Lipinski definition) is 0. The van der Waals surface area contributed by atoms with E-state index in [1.165, 1.54) is 0 Å². The smallest absolute Gasteiger partial charge is 0.181 e. The van der Waals surface area contributed by atoms with E-state index in [0.717, 1.165) is 6.42 Å². The summed E-state index contributed by atoms with van der Waals surface area (Å²) in [5, 5.41) is 0. The third-order valence-electron chi connectivity index (χ3n) is 1.54. The zero-order valence-electron chi connectivity index (χ0n) is 7.37. The van der Waals surface area contributed by atoms with Crippen LogP contribution in [0.2, 0.25) is 0 Å². The van der Waals surface area contributed by atoms with Crippen molar-refractivity contribution in [3.05, 3.63) is 23.8 Å². The summed E-state index contributed by atoms with van der Waals surface area (Å²) in [5.74, 6) is 0.750. The van der Waals surface area contributed by atoms with Crippen LogP contribution in [0, 0.1) is 6.92 Å². The molecule has 0 saturated heterocycles. The van der Waals surface area contributed by atoms with E-state index in [1.807, 2.05) is 6.92 Å². The molecule has 1 heterocycles. The van der Waals surface area contributed by atoms with Crippen molar-refractivity contribution in [2.24, 2.45) is 0 Å². The SMILES string of the molecule is CCCC(=O)c1ccnc(C)n1. The molecule has 0 aliphatic rings. The monoisotopic (exact) mass is 164 g/mol. The Hall–Kier alpha value is -1.25. The molecule has 1 rings (SSSR count). The molecular formula is C9H12N2O. The lowest BCUT2D eigenvalue weighted by molar-refractivity contribution is 0.0976. The summed E-state index contributed by atoms with van der Waals surface area (Å²) in [6.07, 6.45) is 3.05. The van der Waals surface area contributed by atoms with Crippen molar-refractivity contribution in [2.75, 3.05) is 0 Å². The number of hydrogen-bond acceptors (Lipinski definition) is 3. The van der Waals surface area contributed by atoms with Gasteiger partial charge in [-0.05, 0) is 19.4 Å². The quantitative estimate of drug-likeness (QED) is 0.639. The van der Waals surface area contributed by atoms with E-state index in [1.54, 1.807) is 19.2 Å². The molecule has 0 bridgehead atoms. The lowest BCUT2D eigenvalue weighted by Crippen LogP contribution is -2.03. The van der Waals surface area contributed by atoms with Crippen LogP contribution >= 0.6 is 0 Å². The highest BCUT2D eigenvalue weighted by molar-refractivity contribution is 5.94. The number of rotatable bonds is 3. The van der Waals surface area contributed by atoms with Crippen molar-refractivity contribution in [1.82, 2.24) is 9.97 Å². The topological polar surface area (TPSA) is 42.9 Å². The lowest BCUT2D eigenvalue weighted by atomic mass is 10.2. The molecule has 3 nitrogen and oxygen atoms in total. The summed E-state index contributed by atoms with van der Waals surface area (Å²) in [5.41, 5.74) is 0.532. The normalized spacial score (nSPS) is 9.83. The van der Waals surface area contributed by atoms with Crippen molar-refractivity contribution in [3.8, 4) is 0 Å². The molecule has 0 aliphatic heterocycles. The first-order chi connectivity index (χ1) is 5.74. The second kappa shape index (κ2) is 3.95. The fraction of sp³-hybridized carbons (Fsp3) is 0.444. The summed E-state index contributed by atoms with van der Waals surface area (Å²) in [4.78, 5) is 19.3. The van der Waals surface area contributed by atoms with Gasteiger partial charge in [0.1, 0.15) is 11.5 Å². The molecule has 0 aliphatic carbocycles. The maximum Gasteiger partial charge on any atom is 0.181 e. The summed E-state index contributed by atoms with van der Waals surface area (Å²) in [6, 6.07) is 1.66. The number of aryl methyl sites for hydroxylation is 1. The molecule has 0 N–H and O–H groups in total. The molecule has 1 aromatic rings. The summed E-state index contributed by atoms with van der Waals surface area (Å²) >= 11 is 0. The highest BCUT2D eigenvalue weighted by Gasteiger charge is 2.05. The van der Waals surface area contributed by atoms with Gasteiger partial charge >= 0.3 is 0 Å². The van der Waals surface area contributed by atoms with E-state index in [-0.39, 0.29) is 5.78 Å². The molecule has 64 valence electrons. The zero-order chi connectivity index (χ0) is 8.97. The standard InChI is InChI=1S/C9H12N2O/c1-3-4-9(12)8-5-6-10-7(2)11-8/h5-6H,3-4H2,1-2H3. The third-order valence-corrected chi connectivity index (χ3v) is 1.54. The van der Waals surface area contributed by atoms with Crippen LogP contribution in [-0.2, 0) is 0 Å². The molecule has 0 amide bonds. The number of aromatic nitrogens is 2. The number of carbonyl (C=O) groups excluding carboxylic acids is 1. The van der Waals surface area contributed by atoms with E-state index in [0.29, 0.717) is 17.9 Å². The number of ketones is 1. The minimum atomic E-state index is 0.100. The summed E-state index contributed by atoms with van der Waals surface area (Å²) in [6.45, 7) is 3.76. The Balaban J connectivity index is 2.81. The van der Waals surface area contributed by atoms with Gasteiger partial charge in [0.2, 0.25) is 0 Å². The minimum absolute atomic E-state index is 0.100. The van der Waals surface area contributed by atoms with Crippen LogP contribution in [-0.4, -0.2) is 15.8 Å². The van der Waals surface area contributed by atoms with Gasteiger partial charge in [0.05, 0.1) is 0 Å². The van der Waals surface area contributed by atoms with E-state index in [9.17, 15) is 4.79 Å². The molecule has 0 fully saturated rings. The van der Waals surface area contributed by atoms with E-state index >= 15 is 0 Å². The van der Waals surface area contributed by atoms with Crippen LogP contribution in [0.5, 0.6) is 0 Å². The largest absolute Gasteiger partial charge is 0.292 e. The zero-order valence-corrected chi connectivity index (χ0v) is 7.37. The fourth-order valence-corrected chi connectivity index (χ4v) is 0.967. The van der Waals surface area contributed by atoms with Crippen molar-refractivity contribution < 1.29 is 4.79 Å². The van der Waals surface area contributed by atoms with Gasteiger partial charge < -0.3 is 0 Å². The highest BCUT2D eigenvalue weighted by Crippen LogP contribution is 2.01. The maximum atomic E-state index is 11.3. The Morgan fingerprint density at radius 2 is 2.33 bits per heavy atom. The average Bonchev–Trinajstić information content (AvgIpc) is 2.05. The molecular weight excluding hydrogens is 152 g/mol. The second-order valence-corrected chi connectivity index (χ2v) is 2.66. The molecule has 3 heteroatoms. The molecule has 0 spiro atoms. The van der Waals surface area contributed by atoms with Gasteiger partial charge in [-0.1, -0.05) is 6.92 Å². The lowest BCUT2D eigenvalue weighted by Gasteiger charge is -1.97. The predicted octanol–water partition coefficient (Wildman–Crippen LogP) is 1.77. The molecule has 0 aromatic carbocycles. The van der Waals surface area contributed by atoms with Crippen LogP contribution in [0.4, 0.5) is 0 Å². The van der Waals surface area contributed by atoms with Crippen molar-refractivity contribution in [2.45, 2.75) is 26.7 Å². The Morgan fingerprint density at radius 3 is 2.92 bits per heavy atom. The van der Waals surface area contributed by atoms with Gasteiger partial charge in [-0.3, -0.25) is 4.79 Å². The van der Waals surface area contributed by atoms with Gasteiger partial charge in [-0.25, -0.2) is 9.97 Å². The van der Waals surface area contributed by atoms with Crippen LogP contribution in [0.25, 0.3) is 0 Å². The van der Waals surface area contributed by atoms with Gasteiger partial charge in [0, 0.05) is 12.6 Å². The van der Waals surface area contributed by atoms with Crippen LogP contribution in [0.1, 0.15) is 36.1 Å². The van der Waals surface area contributed by atoms with Crippen LogP contribution in [0.3, 0.4) is 0 Å². The molecule has 1 aromatic heterocycles. The van der Waals surface area contributed by atoms with Crippen molar-refractivity contribution in [3.63, 3.8) is 0 Å². The van der Waals surface area contributed by atoms with E-state index in [2.05, 4.69) is 9.97 Å². The van der Waals surface area contributed by atoms with Gasteiger partial charge in [0.25, 0.3) is 0 Å². The maximum absolute atomic E-state index is 11.3. The van der Waals surface area contributed by atoms with Gasteiger partial charge in [-0.15, -0.1) is 0 Å². The summed E-state index contributed by atoms with van der Waals surface area (Å²) in [7, 11) is 0. The predicted molar refractivity (Wildman–Crippen MR) is 46.0 cm³/mol. The van der Waals surface area contributed by atoms with Crippen molar-refractivity contribution >= 4 is 5.78 Å². The highest BCUT2D eigenvalue weighted by atomic mass is 16.1. The Kier molecular flexibility index (Phi) is 2.91. The first-order valence-electron chi connectivity index (χ1n) is 4.07. The van der Waals surface area contributed by atoms with Crippen LogP contribution < -0.4 is 0 Å². The van der Waals surface area contributed by atoms with E-state index in [4.69, 9.17) is 0 Å². The first-order valence-corrected chi connectivity index (χ1v) is 4.07. The number of nitrogens with zero attached hydrogens (tertiary/aromatic N) is 2. The molecule has 12 heavy (non-hydrogen) atoms. The molecule has 0 saturated carbocycles. The molecule has 0 radical (unpaired) electrons. The number of Topliss-reactive ketones (excluding diaryl/α,β-unsaturated/α-hetero) is 1. The summed E-state index contributed by atoms with van der Waals surface area (Å²) < 4.78 is 0. The van der Waals surface area contributed by atoms with Gasteiger partial charge in [0.15, 0.2) is 5.78 Å². The third kappa shape index (κ3) is 2.12. The number of carbonyl (C=O) groups is 1. The molecule has 0 unspecified atom stereocenters. The fourth-order valence-electron chi connectivity index (χ4n) is 0.967.